The summed E-state index contributed by atoms with van der Waals surface area (Å²) in [6, 6.07) is 3.92. The summed E-state index contributed by atoms with van der Waals surface area (Å²) >= 11 is 2.75. The fourth-order valence-corrected chi connectivity index (χ4v) is 4.02. The van der Waals surface area contributed by atoms with Gasteiger partial charge in [-0.25, -0.2) is 9.78 Å². The van der Waals surface area contributed by atoms with Gasteiger partial charge in [0.25, 0.3) is 0 Å². The van der Waals surface area contributed by atoms with Gasteiger partial charge >= 0.3 is 5.97 Å². The number of hydrogen-bond donors (Lipinski definition) is 2. The van der Waals surface area contributed by atoms with E-state index in [0.717, 1.165) is 11.5 Å². The summed E-state index contributed by atoms with van der Waals surface area (Å²) < 4.78 is 0. The van der Waals surface area contributed by atoms with Crippen molar-refractivity contribution in [3.63, 3.8) is 0 Å². The van der Waals surface area contributed by atoms with Crippen LogP contribution in [-0.4, -0.2) is 32.6 Å². The number of carboxylic acids is 1. The summed E-state index contributed by atoms with van der Waals surface area (Å²) in [5, 5.41) is 26.9. The Kier molecular flexibility index (Phi) is 4.35. The highest BCUT2D eigenvalue weighted by Gasteiger charge is 2.42. The summed E-state index contributed by atoms with van der Waals surface area (Å²) in [5.74, 6) is 0.370. The summed E-state index contributed by atoms with van der Waals surface area (Å²) in [4.78, 5) is 15.7. The van der Waals surface area contributed by atoms with Crippen molar-refractivity contribution in [3.05, 3.63) is 23.5 Å². The molecular weight excluding hydrogens is 294 g/mol. The Morgan fingerprint density at radius 3 is 3.00 bits per heavy atom. The van der Waals surface area contributed by atoms with Crippen LogP contribution in [0.25, 0.3) is 0 Å². The summed E-state index contributed by atoms with van der Waals surface area (Å²) in [5.41, 5.74) is -0.334. The Labute approximate surface area is 125 Å². The first-order chi connectivity index (χ1) is 9.55. The third-order valence-corrected chi connectivity index (χ3v) is 5.11. The van der Waals surface area contributed by atoms with Crippen LogP contribution in [0.15, 0.2) is 17.2 Å². The Hall–Kier alpha value is -1.52. The summed E-state index contributed by atoms with van der Waals surface area (Å²) in [6.45, 7) is 1.93. The molecule has 1 saturated heterocycles. The van der Waals surface area contributed by atoms with Crippen molar-refractivity contribution in [1.29, 1.82) is 10.7 Å². The zero-order valence-electron chi connectivity index (χ0n) is 10.8. The lowest BCUT2D eigenvalue weighted by Gasteiger charge is -2.21. The standard InChI is InChI=1S/C13H13N3O2S2/c1-2-19-9-5-8(6-16-10(9)11(17)18)13(7-14)3-4-20-12(13)15/h5-6,15H,2-4H2,1H3,(H,17,18). The van der Waals surface area contributed by atoms with Crippen LogP contribution in [0.1, 0.15) is 29.4 Å². The molecule has 0 spiro atoms. The van der Waals surface area contributed by atoms with Crippen LogP contribution in [0.2, 0.25) is 0 Å². The highest BCUT2D eigenvalue weighted by atomic mass is 32.2. The number of hydrogen-bond acceptors (Lipinski definition) is 6. The molecule has 5 nitrogen and oxygen atoms in total. The molecule has 1 aromatic heterocycles. The minimum absolute atomic E-state index is 0.00544. The van der Waals surface area contributed by atoms with Crippen molar-refractivity contribution in [2.24, 2.45) is 0 Å². The van der Waals surface area contributed by atoms with E-state index in [1.54, 1.807) is 6.07 Å². The molecule has 0 amide bonds. The molecule has 1 atom stereocenters. The molecule has 0 aliphatic carbocycles. The highest BCUT2D eigenvalue weighted by molar-refractivity contribution is 8.14. The lowest BCUT2D eigenvalue weighted by Crippen LogP contribution is -2.28. The first kappa shape index (κ1) is 14.9. The van der Waals surface area contributed by atoms with Crippen LogP contribution < -0.4 is 0 Å². The first-order valence-corrected chi connectivity index (χ1v) is 8.02. The molecule has 2 heterocycles. The van der Waals surface area contributed by atoms with Crippen molar-refractivity contribution >= 4 is 34.5 Å². The van der Waals surface area contributed by atoms with Crippen LogP contribution in [0, 0.1) is 16.7 Å². The van der Waals surface area contributed by atoms with E-state index in [-0.39, 0.29) is 5.69 Å². The van der Waals surface area contributed by atoms with E-state index in [1.807, 2.05) is 6.92 Å². The average Bonchev–Trinajstić information content (AvgIpc) is 2.81. The van der Waals surface area contributed by atoms with Crippen molar-refractivity contribution in [2.45, 2.75) is 23.7 Å². The molecule has 0 radical (unpaired) electrons. The number of nitriles is 1. The maximum Gasteiger partial charge on any atom is 0.355 e. The quantitative estimate of drug-likeness (QED) is 0.830. The SMILES string of the molecule is CCSc1cc(C2(C#N)CCSC2=N)cnc1C(=O)O. The smallest absolute Gasteiger partial charge is 0.355 e. The Bertz CT molecular complexity index is 612. The normalized spacial score (nSPS) is 21.7. The Morgan fingerprint density at radius 1 is 1.75 bits per heavy atom. The molecule has 2 rings (SSSR count). The third-order valence-electron chi connectivity index (χ3n) is 3.15. The molecule has 0 aromatic carbocycles. The number of nitrogens with zero attached hydrogens (tertiary/aromatic N) is 2. The number of rotatable bonds is 4. The van der Waals surface area contributed by atoms with E-state index in [9.17, 15) is 10.1 Å². The number of nitrogens with one attached hydrogen (secondary N) is 1. The minimum Gasteiger partial charge on any atom is -0.476 e. The van der Waals surface area contributed by atoms with Gasteiger partial charge < -0.3 is 5.11 Å². The molecule has 0 saturated carbocycles. The zero-order chi connectivity index (χ0) is 14.8. The van der Waals surface area contributed by atoms with Gasteiger partial charge in [0.2, 0.25) is 0 Å². The molecule has 7 heteroatoms. The van der Waals surface area contributed by atoms with Crippen molar-refractivity contribution in [2.75, 3.05) is 11.5 Å². The fourth-order valence-electron chi connectivity index (χ4n) is 2.09. The molecule has 1 aliphatic rings. The number of pyridine rings is 1. The maximum absolute atomic E-state index is 11.2. The Balaban J connectivity index is 2.53. The maximum atomic E-state index is 11.2. The zero-order valence-corrected chi connectivity index (χ0v) is 12.5. The van der Waals surface area contributed by atoms with Gasteiger partial charge in [-0.05, 0) is 23.8 Å². The average molecular weight is 307 g/mol. The second kappa shape index (κ2) is 5.85. The molecule has 2 N–H and O–H groups in total. The second-order valence-electron chi connectivity index (χ2n) is 4.25. The molecule has 1 fully saturated rings. The van der Waals surface area contributed by atoms with Gasteiger partial charge in [-0.15, -0.1) is 23.5 Å². The van der Waals surface area contributed by atoms with Gasteiger partial charge in [0.15, 0.2) is 5.69 Å². The lowest BCUT2D eigenvalue weighted by molar-refractivity contribution is 0.0686. The first-order valence-electron chi connectivity index (χ1n) is 6.05. The molecule has 104 valence electrons. The van der Waals surface area contributed by atoms with Crippen molar-refractivity contribution < 1.29 is 9.90 Å². The number of carboxylic acid groups (broad SMARTS) is 1. The third kappa shape index (κ3) is 2.41. The molecule has 1 unspecified atom stereocenters. The predicted octanol–water partition coefficient (Wildman–Crippen LogP) is 2.77. The van der Waals surface area contributed by atoms with E-state index in [4.69, 9.17) is 10.5 Å². The van der Waals surface area contributed by atoms with Crippen LogP contribution in [0.3, 0.4) is 0 Å². The number of carbonyl (C=O) groups is 1. The summed E-state index contributed by atoms with van der Waals surface area (Å²) in [6.07, 6.45) is 1.99. The number of aromatic nitrogens is 1. The van der Waals surface area contributed by atoms with Gasteiger partial charge in [-0.1, -0.05) is 6.92 Å². The van der Waals surface area contributed by atoms with Gasteiger partial charge in [0.1, 0.15) is 5.41 Å². The number of thioether (sulfide) groups is 2. The summed E-state index contributed by atoms with van der Waals surface area (Å²) in [7, 11) is 0. The van der Waals surface area contributed by atoms with Crippen LogP contribution in [-0.2, 0) is 5.41 Å². The lowest BCUT2D eigenvalue weighted by atomic mass is 9.81. The van der Waals surface area contributed by atoms with Gasteiger partial charge in [-0.2, -0.15) is 5.26 Å². The van der Waals surface area contributed by atoms with Crippen molar-refractivity contribution in [3.8, 4) is 6.07 Å². The van der Waals surface area contributed by atoms with Crippen LogP contribution in [0.4, 0.5) is 0 Å². The van der Waals surface area contributed by atoms with E-state index in [2.05, 4.69) is 11.1 Å². The van der Waals surface area contributed by atoms with E-state index < -0.39 is 11.4 Å². The second-order valence-corrected chi connectivity index (χ2v) is 6.66. The predicted molar refractivity (Wildman–Crippen MR) is 79.7 cm³/mol. The van der Waals surface area contributed by atoms with Gasteiger partial charge in [0, 0.05) is 16.8 Å². The fraction of sp³-hybridized carbons (Fsp3) is 0.385. The largest absolute Gasteiger partial charge is 0.476 e. The van der Waals surface area contributed by atoms with Gasteiger partial charge in [0.05, 0.1) is 11.1 Å². The highest BCUT2D eigenvalue weighted by Crippen LogP contribution is 2.41. The van der Waals surface area contributed by atoms with E-state index >= 15 is 0 Å². The van der Waals surface area contributed by atoms with E-state index in [1.165, 1.54) is 29.7 Å². The van der Waals surface area contributed by atoms with E-state index in [0.29, 0.717) is 21.9 Å². The molecule has 0 bridgehead atoms. The van der Waals surface area contributed by atoms with Crippen LogP contribution in [0.5, 0.6) is 0 Å². The Morgan fingerprint density at radius 2 is 2.50 bits per heavy atom. The number of aromatic carboxylic acids is 1. The monoisotopic (exact) mass is 307 g/mol. The topological polar surface area (TPSA) is 97.8 Å². The molecule has 20 heavy (non-hydrogen) atoms. The minimum atomic E-state index is -1.07. The van der Waals surface area contributed by atoms with Gasteiger partial charge in [-0.3, -0.25) is 5.41 Å². The van der Waals surface area contributed by atoms with Crippen molar-refractivity contribution in [1.82, 2.24) is 4.98 Å². The molecule has 1 aliphatic heterocycles. The van der Waals surface area contributed by atoms with Crippen LogP contribution >= 0.6 is 23.5 Å². The molecule has 1 aromatic rings. The molecular formula is C13H13N3O2S2.